The van der Waals surface area contributed by atoms with Gasteiger partial charge < -0.3 is 14.2 Å². The summed E-state index contributed by atoms with van der Waals surface area (Å²) in [6, 6.07) is 8.08. The zero-order valence-electron chi connectivity index (χ0n) is 9.60. The number of epoxide rings is 1. The van der Waals surface area contributed by atoms with Crippen LogP contribution in [0.5, 0.6) is 5.75 Å². The summed E-state index contributed by atoms with van der Waals surface area (Å²) >= 11 is 0. The first-order valence-corrected chi connectivity index (χ1v) is 5.65. The third kappa shape index (κ3) is 1.60. The first kappa shape index (κ1) is 10.1. The number of fused-ring (bicyclic) bond motifs is 1. The van der Waals surface area contributed by atoms with Crippen LogP contribution in [0.1, 0.15) is 25.0 Å². The molecule has 16 heavy (non-hydrogen) atoms. The van der Waals surface area contributed by atoms with E-state index in [2.05, 4.69) is 19.1 Å². The molecule has 3 heteroatoms. The molecule has 3 unspecified atom stereocenters. The van der Waals surface area contributed by atoms with Crippen LogP contribution in [0.3, 0.4) is 0 Å². The van der Waals surface area contributed by atoms with E-state index in [1.165, 1.54) is 5.56 Å². The summed E-state index contributed by atoms with van der Waals surface area (Å²) in [5.41, 5.74) is 1.26. The van der Waals surface area contributed by atoms with Crippen molar-refractivity contribution >= 4 is 0 Å². The quantitative estimate of drug-likeness (QED) is 0.717. The lowest BCUT2D eigenvalue weighted by molar-refractivity contribution is 0.0182. The average molecular weight is 220 g/mol. The Kier molecular flexibility index (Phi) is 2.19. The van der Waals surface area contributed by atoms with Crippen LogP contribution in [0, 0.1) is 0 Å². The van der Waals surface area contributed by atoms with E-state index < -0.39 is 0 Å². The molecule has 0 bridgehead atoms. The lowest BCUT2D eigenvalue weighted by Crippen LogP contribution is -2.26. The maximum Gasteiger partial charge on any atom is 0.118 e. The molecular formula is C13H16O3. The lowest BCUT2D eigenvalue weighted by atomic mass is 9.93. The Hall–Kier alpha value is -1.06. The fourth-order valence-corrected chi connectivity index (χ4v) is 2.34. The van der Waals surface area contributed by atoms with E-state index in [4.69, 9.17) is 14.2 Å². The van der Waals surface area contributed by atoms with E-state index in [9.17, 15) is 0 Å². The largest absolute Gasteiger partial charge is 0.497 e. The molecule has 0 aromatic heterocycles. The van der Waals surface area contributed by atoms with Gasteiger partial charge in [-0.1, -0.05) is 12.1 Å². The summed E-state index contributed by atoms with van der Waals surface area (Å²) in [4.78, 5) is 0. The van der Waals surface area contributed by atoms with Crippen LogP contribution in [0.4, 0.5) is 0 Å². The molecule has 2 aliphatic heterocycles. The van der Waals surface area contributed by atoms with Crippen LogP contribution in [-0.4, -0.2) is 25.4 Å². The number of rotatable bonds is 2. The van der Waals surface area contributed by atoms with Gasteiger partial charge in [-0.2, -0.15) is 0 Å². The van der Waals surface area contributed by atoms with Crippen LogP contribution in [0.25, 0.3) is 0 Å². The van der Waals surface area contributed by atoms with E-state index >= 15 is 0 Å². The van der Waals surface area contributed by atoms with Gasteiger partial charge in [0.25, 0.3) is 0 Å². The monoisotopic (exact) mass is 220 g/mol. The second-order valence-corrected chi connectivity index (χ2v) is 4.72. The SMILES string of the molecule is COc1ccc(C2CC3(C)OC3CO2)cc1. The summed E-state index contributed by atoms with van der Waals surface area (Å²) < 4.78 is 16.5. The highest BCUT2D eigenvalue weighted by atomic mass is 16.6. The van der Waals surface area contributed by atoms with Gasteiger partial charge in [0.05, 0.1) is 25.4 Å². The van der Waals surface area contributed by atoms with Crippen molar-refractivity contribution in [3.8, 4) is 5.75 Å². The van der Waals surface area contributed by atoms with Crippen molar-refractivity contribution in [3.63, 3.8) is 0 Å². The van der Waals surface area contributed by atoms with Crippen molar-refractivity contribution in [2.45, 2.75) is 31.2 Å². The van der Waals surface area contributed by atoms with Crippen LogP contribution >= 0.6 is 0 Å². The van der Waals surface area contributed by atoms with Crippen molar-refractivity contribution in [2.75, 3.05) is 13.7 Å². The minimum atomic E-state index is 0.0584. The standard InChI is InChI=1S/C13H16O3/c1-13-7-11(15-8-12(13)16-13)9-3-5-10(14-2)6-4-9/h3-6,11-12H,7-8H2,1-2H3. The molecule has 2 heterocycles. The summed E-state index contributed by atoms with van der Waals surface area (Å²) in [6.07, 6.45) is 1.43. The molecule has 2 fully saturated rings. The number of benzene rings is 1. The Balaban J connectivity index is 1.76. The van der Waals surface area contributed by atoms with Gasteiger partial charge in [-0.3, -0.25) is 0 Å². The summed E-state index contributed by atoms with van der Waals surface area (Å²) in [5, 5.41) is 0. The Morgan fingerprint density at radius 3 is 2.69 bits per heavy atom. The van der Waals surface area contributed by atoms with Gasteiger partial charge >= 0.3 is 0 Å². The average Bonchev–Trinajstić information content (AvgIpc) is 3.00. The van der Waals surface area contributed by atoms with E-state index in [1.54, 1.807) is 7.11 Å². The number of hydrogen-bond acceptors (Lipinski definition) is 3. The molecule has 0 aliphatic carbocycles. The van der Waals surface area contributed by atoms with Gasteiger partial charge in [0.2, 0.25) is 0 Å². The zero-order chi connectivity index (χ0) is 11.2. The fraction of sp³-hybridized carbons (Fsp3) is 0.538. The summed E-state index contributed by atoms with van der Waals surface area (Å²) in [6.45, 7) is 2.88. The molecule has 0 spiro atoms. The van der Waals surface area contributed by atoms with Gasteiger partial charge in [-0.05, 0) is 24.6 Å². The topological polar surface area (TPSA) is 31.0 Å². The third-order valence-electron chi connectivity index (χ3n) is 3.56. The van der Waals surface area contributed by atoms with E-state index in [0.717, 1.165) is 12.2 Å². The molecule has 2 aliphatic rings. The predicted molar refractivity (Wildman–Crippen MR) is 59.6 cm³/mol. The third-order valence-corrected chi connectivity index (χ3v) is 3.56. The van der Waals surface area contributed by atoms with Crippen LogP contribution in [0.2, 0.25) is 0 Å². The second kappa shape index (κ2) is 3.47. The summed E-state index contributed by atoms with van der Waals surface area (Å²) in [5.74, 6) is 0.881. The van der Waals surface area contributed by atoms with Crippen molar-refractivity contribution < 1.29 is 14.2 Å². The van der Waals surface area contributed by atoms with Crippen molar-refractivity contribution in [2.24, 2.45) is 0 Å². The Bertz CT molecular complexity index is 387. The first-order chi connectivity index (χ1) is 7.71. The highest BCUT2D eigenvalue weighted by Gasteiger charge is 2.56. The molecule has 3 rings (SSSR count). The van der Waals surface area contributed by atoms with Crippen LogP contribution in [-0.2, 0) is 9.47 Å². The minimum absolute atomic E-state index is 0.0584. The molecule has 1 aromatic rings. The van der Waals surface area contributed by atoms with Gasteiger partial charge in [0, 0.05) is 6.42 Å². The molecule has 0 radical (unpaired) electrons. The van der Waals surface area contributed by atoms with E-state index in [1.807, 2.05) is 12.1 Å². The zero-order valence-corrected chi connectivity index (χ0v) is 9.60. The predicted octanol–water partition coefficient (Wildman–Crippen LogP) is 2.31. The molecule has 0 amide bonds. The normalized spacial score (nSPS) is 36.6. The molecule has 1 aromatic carbocycles. The molecule has 3 nitrogen and oxygen atoms in total. The fourth-order valence-electron chi connectivity index (χ4n) is 2.34. The summed E-state index contributed by atoms with van der Waals surface area (Å²) in [7, 11) is 1.68. The second-order valence-electron chi connectivity index (χ2n) is 4.72. The van der Waals surface area contributed by atoms with Gasteiger partial charge in [-0.25, -0.2) is 0 Å². The first-order valence-electron chi connectivity index (χ1n) is 5.65. The molecule has 3 atom stereocenters. The van der Waals surface area contributed by atoms with Crippen molar-refractivity contribution in [3.05, 3.63) is 29.8 Å². The van der Waals surface area contributed by atoms with Gasteiger partial charge in [0.1, 0.15) is 11.9 Å². The number of methoxy groups -OCH3 is 1. The minimum Gasteiger partial charge on any atom is -0.497 e. The Morgan fingerprint density at radius 1 is 1.31 bits per heavy atom. The van der Waals surface area contributed by atoms with Crippen LogP contribution < -0.4 is 4.74 Å². The lowest BCUT2D eigenvalue weighted by Gasteiger charge is -2.24. The van der Waals surface area contributed by atoms with Gasteiger partial charge in [0.15, 0.2) is 0 Å². The van der Waals surface area contributed by atoms with E-state index in [0.29, 0.717) is 12.7 Å². The van der Waals surface area contributed by atoms with Crippen LogP contribution in [0.15, 0.2) is 24.3 Å². The van der Waals surface area contributed by atoms with Crippen molar-refractivity contribution in [1.82, 2.24) is 0 Å². The highest BCUT2D eigenvalue weighted by Crippen LogP contribution is 2.48. The van der Waals surface area contributed by atoms with Crippen molar-refractivity contribution in [1.29, 1.82) is 0 Å². The maximum atomic E-state index is 5.79. The number of ether oxygens (including phenoxy) is 3. The Morgan fingerprint density at radius 2 is 2.06 bits per heavy atom. The number of hydrogen-bond donors (Lipinski definition) is 0. The smallest absolute Gasteiger partial charge is 0.118 e. The maximum absolute atomic E-state index is 5.79. The highest BCUT2D eigenvalue weighted by molar-refractivity contribution is 5.29. The molecule has 0 saturated carbocycles. The Labute approximate surface area is 95.3 Å². The molecule has 2 saturated heterocycles. The molecule has 0 N–H and O–H groups in total. The van der Waals surface area contributed by atoms with Gasteiger partial charge in [-0.15, -0.1) is 0 Å². The molecule has 86 valence electrons. The van der Waals surface area contributed by atoms with E-state index in [-0.39, 0.29) is 11.7 Å². The molecular weight excluding hydrogens is 204 g/mol.